The molecule has 0 fully saturated rings. The summed E-state index contributed by atoms with van der Waals surface area (Å²) in [5.41, 5.74) is 0.455. The van der Waals surface area contributed by atoms with Crippen LogP contribution in [0, 0.1) is 0 Å². The molecular formula is C18H19Cl2NO5S. The molecule has 0 aliphatic carbocycles. The van der Waals surface area contributed by atoms with E-state index in [0.717, 1.165) is 0 Å². The van der Waals surface area contributed by atoms with Gasteiger partial charge in [0.25, 0.3) is 0 Å². The Morgan fingerprint density at radius 2 is 1.89 bits per heavy atom. The topological polar surface area (TPSA) is 81.7 Å². The smallest absolute Gasteiger partial charge is 0.307 e. The van der Waals surface area contributed by atoms with Crippen LogP contribution in [0.4, 0.5) is 0 Å². The summed E-state index contributed by atoms with van der Waals surface area (Å²) in [4.78, 5) is 11.9. The number of benzene rings is 2. The molecule has 0 aliphatic rings. The number of halogens is 2. The minimum Gasteiger partial charge on any atom is -0.495 e. The molecule has 1 N–H and O–H groups in total. The van der Waals surface area contributed by atoms with Crippen molar-refractivity contribution in [2.75, 3.05) is 13.7 Å². The number of methoxy groups -OCH3 is 1. The molecule has 0 unspecified atom stereocenters. The number of sulfonamides is 1. The van der Waals surface area contributed by atoms with Crippen molar-refractivity contribution in [3.05, 3.63) is 58.1 Å². The lowest BCUT2D eigenvalue weighted by Crippen LogP contribution is -2.31. The van der Waals surface area contributed by atoms with E-state index in [-0.39, 0.29) is 28.7 Å². The number of carbonyl (C=O) groups excluding carboxylic acids is 1. The SMILES string of the molecule is CCOC(=O)C[C@H](NS(=O)(=O)c1cc(Cl)ccc1OC)c1ccccc1Cl. The van der Waals surface area contributed by atoms with Gasteiger partial charge in [0.1, 0.15) is 10.6 Å². The lowest BCUT2D eigenvalue weighted by Gasteiger charge is -2.20. The zero-order chi connectivity index (χ0) is 20.0. The van der Waals surface area contributed by atoms with Crippen LogP contribution < -0.4 is 9.46 Å². The van der Waals surface area contributed by atoms with Crippen molar-refractivity contribution in [1.82, 2.24) is 4.72 Å². The molecular weight excluding hydrogens is 413 g/mol. The second-order valence-electron chi connectivity index (χ2n) is 5.50. The molecule has 27 heavy (non-hydrogen) atoms. The summed E-state index contributed by atoms with van der Waals surface area (Å²) in [5.74, 6) is -0.427. The van der Waals surface area contributed by atoms with E-state index in [0.29, 0.717) is 10.6 Å². The maximum absolute atomic E-state index is 13.0. The van der Waals surface area contributed by atoms with Gasteiger partial charge >= 0.3 is 5.97 Å². The molecule has 0 spiro atoms. The Morgan fingerprint density at radius 1 is 1.19 bits per heavy atom. The average molecular weight is 432 g/mol. The van der Waals surface area contributed by atoms with Gasteiger partial charge in [0.2, 0.25) is 10.0 Å². The molecule has 9 heteroatoms. The normalized spacial score (nSPS) is 12.4. The van der Waals surface area contributed by atoms with Gasteiger partial charge in [-0.2, -0.15) is 0 Å². The summed E-state index contributed by atoms with van der Waals surface area (Å²) in [5, 5.41) is 0.559. The number of carbonyl (C=O) groups is 1. The van der Waals surface area contributed by atoms with E-state index >= 15 is 0 Å². The Morgan fingerprint density at radius 3 is 2.52 bits per heavy atom. The third-order valence-electron chi connectivity index (χ3n) is 3.67. The highest BCUT2D eigenvalue weighted by molar-refractivity contribution is 7.89. The van der Waals surface area contributed by atoms with Gasteiger partial charge in [-0.05, 0) is 36.8 Å². The van der Waals surface area contributed by atoms with Crippen molar-refractivity contribution in [2.45, 2.75) is 24.3 Å². The second kappa shape index (κ2) is 9.41. The van der Waals surface area contributed by atoms with Crippen LogP contribution >= 0.6 is 23.2 Å². The lowest BCUT2D eigenvalue weighted by molar-refractivity contribution is -0.143. The molecule has 2 aromatic carbocycles. The molecule has 1 atom stereocenters. The van der Waals surface area contributed by atoms with Crippen molar-refractivity contribution < 1.29 is 22.7 Å². The van der Waals surface area contributed by atoms with Crippen molar-refractivity contribution in [3.8, 4) is 5.75 Å². The standard InChI is InChI=1S/C18H19Cl2NO5S/c1-3-26-18(22)11-15(13-6-4-5-7-14(13)20)21-27(23,24)17-10-12(19)8-9-16(17)25-2/h4-10,15,21H,3,11H2,1-2H3/t15-/m0/s1. The monoisotopic (exact) mass is 431 g/mol. The average Bonchev–Trinajstić information content (AvgIpc) is 2.61. The van der Waals surface area contributed by atoms with E-state index in [1.165, 1.54) is 25.3 Å². The summed E-state index contributed by atoms with van der Waals surface area (Å²) >= 11 is 12.1. The van der Waals surface area contributed by atoms with Crippen LogP contribution in [0.2, 0.25) is 10.0 Å². The Balaban J connectivity index is 2.43. The molecule has 2 rings (SSSR count). The van der Waals surface area contributed by atoms with Gasteiger partial charge in [-0.25, -0.2) is 13.1 Å². The third kappa shape index (κ3) is 5.59. The first-order valence-electron chi connectivity index (χ1n) is 8.04. The minimum absolute atomic E-state index is 0.126. The lowest BCUT2D eigenvalue weighted by atomic mass is 10.1. The summed E-state index contributed by atoms with van der Waals surface area (Å²) < 4.78 is 38.5. The molecule has 0 saturated carbocycles. The van der Waals surface area contributed by atoms with E-state index in [9.17, 15) is 13.2 Å². The number of hydrogen-bond donors (Lipinski definition) is 1. The Labute approximate surface area is 168 Å². The number of nitrogens with one attached hydrogen (secondary N) is 1. The van der Waals surface area contributed by atoms with Crippen LogP contribution in [-0.4, -0.2) is 28.1 Å². The van der Waals surface area contributed by atoms with Crippen LogP contribution in [0.1, 0.15) is 24.9 Å². The van der Waals surface area contributed by atoms with Gasteiger partial charge in [0.05, 0.1) is 26.2 Å². The van der Waals surface area contributed by atoms with Gasteiger partial charge in [-0.3, -0.25) is 4.79 Å². The highest BCUT2D eigenvalue weighted by Crippen LogP contribution is 2.31. The molecule has 146 valence electrons. The van der Waals surface area contributed by atoms with E-state index < -0.39 is 22.0 Å². The molecule has 0 aliphatic heterocycles. The zero-order valence-corrected chi connectivity index (χ0v) is 17.1. The van der Waals surface area contributed by atoms with Crippen LogP contribution in [0.5, 0.6) is 5.75 Å². The Hall–Kier alpha value is -1.80. The molecule has 0 saturated heterocycles. The van der Waals surface area contributed by atoms with E-state index in [2.05, 4.69) is 4.72 Å². The quantitative estimate of drug-likeness (QED) is 0.639. The van der Waals surface area contributed by atoms with Crippen LogP contribution in [0.25, 0.3) is 0 Å². The Kier molecular flexibility index (Phi) is 7.49. The summed E-state index contributed by atoms with van der Waals surface area (Å²) in [7, 11) is -2.72. The number of esters is 1. The highest BCUT2D eigenvalue weighted by atomic mass is 35.5. The van der Waals surface area contributed by atoms with E-state index in [1.807, 2.05) is 0 Å². The van der Waals surface area contributed by atoms with Crippen LogP contribution in [-0.2, 0) is 19.6 Å². The first-order chi connectivity index (χ1) is 12.8. The van der Waals surface area contributed by atoms with Crippen LogP contribution in [0.15, 0.2) is 47.4 Å². The molecule has 0 amide bonds. The molecule has 0 heterocycles. The van der Waals surface area contributed by atoms with E-state index in [1.54, 1.807) is 31.2 Å². The van der Waals surface area contributed by atoms with E-state index in [4.69, 9.17) is 32.7 Å². The fourth-order valence-electron chi connectivity index (χ4n) is 2.47. The van der Waals surface area contributed by atoms with Crippen molar-refractivity contribution >= 4 is 39.2 Å². The number of rotatable bonds is 8. The van der Waals surface area contributed by atoms with Gasteiger partial charge < -0.3 is 9.47 Å². The Bertz CT molecular complexity index is 918. The zero-order valence-electron chi connectivity index (χ0n) is 14.7. The van der Waals surface area contributed by atoms with Gasteiger partial charge in [-0.1, -0.05) is 41.4 Å². The van der Waals surface area contributed by atoms with Crippen LogP contribution in [0.3, 0.4) is 0 Å². The maximum atomic E-state index is 13.0. The van der Waals surface area contributed by atoms with Gasteiger partial charge in [0, 0.05) is 10.0 Å². The minimum atomic E-state index is -4.08. The van der Waals surface area contributed by atoms with Crippen molar-refractivity contribution in [1.29, 1.82) is 0 Å². The number of hydrogen-bond acceptors (Lipinski definition) is 5. The van der Waals surface area contributed by atoms with Crippen molar-refractivity contribution in [2.24, 2.45) is 0 Å². The molecule has 0 bridgehead atoms. The predicted molar refractivity (Wildman–Crippen MR) is 104 cm³/mol. The van der Waals surface area contributed by atoms with Crippen molar-refractivity contribution in [3.63, 3.8) is 0 Å². The highest BCUT2D eigenvalue weighted by Gasteiger charge is 2.28. The van der Waals surface area contributed by atoms with Gasteiger partial charge in [0.15, 0.2) is 0 Å². The second-order valence-corrected chi connectivity index (χ2v) is 8.03. The molecule has 0 aromatic heterocycles. The molecule has 2 aromatic rings. The predicted octanol–water partition coefficient (Wildman–Crippen LogP) is 3.97. The largest absolute Gasteiger partial charge is 0.495 e. The fourth-order valence-corrected chi connectivity index (χ4v) is 4.39. The first kappa shape index (κ1) is 21.5. The number of ether oxygens (including phenoxy) is 2. The first-order valence-corrected chi connectivity index (χ1v) is 10.3. The van der Waals surface area contributed by atoms with Gasteiger partial charge in [-0.15, -0.1) is 0 Å². The molecule has 6 nitrogen and oxygen atoms in total. The third-order valence-corrected chi connectivity index (χ3v) is 5.74. The maximum Gasteiger partial charge on any atom is 0.307 e. The summed E-state index contributed by atoms with van der Waals surface area (Å²) in [6, 6.07) is 9.99. The summed E-state index contributed by atoms with van der Waals surface area (Å²) in [6.45, 7) is 1.85. The summed E-state index contributed by atoms with van der Waals surface area (Å²) in [6.07, 6.45) is -0.223. The fraction of sp³-hybridized carbons (Fsp3) is 0.278. The molecule has 0 radical (unpaired) electrons.